The van der Waals surface area contributed by atoms with Crippen LogP contribution in [0.2, 0.25) is 0 Å². The molecule has 0 aliphatic carbocycles. The lowest BCUT2D eigenvalue weighted by atomic mass is 10.2. The lowest BCUT2D eigenvalue weighted by molar-refractivity contribution is 0.336. The molecule has 74 valence electrons. The van der Waals surface area contributed by atoms with Crippen LogP contribution in [0.15, 0.2) is 0 Å². The first-order valence-corrected chi connectivity index (χ1v) is 5.26. The largest absolute Gasteiger partial charge is 0.313 e. The molecular weight excluding hydrogens is 160 g/mol. The van der Waals surface area contributed by atoms with Crippen LogP contribution in [0.5, 0.6) is 0 Å². The monoisotopic (exact) mass is 180 g/mol. The van der Waals surface area contributed by atoms with Crippen LogP contribution in [0.4, 0.5) is 0 Å². The molecule has 1 aliphatic rings. The standard InChI is InChI=1S/C11H20N2/c1-3-5-8-13-9-6-11(10-13)12-7-4-2/h1,11-12H,4-10H2,2H3. The Morgan fingerprint density at radius 1 is 1.62 bits per heavy atom. The van der Waals surface area contributed by atoms with Crippen molar-refractivity contribution in [3.63, 3.8) is 0 Å². The molecule has 1 fully saturated rings. The number of hydrogen-bond donors (Lipinski definition) is 1. The Balaban J connectivity index is 2.09. The maximum Gasteiger partial charge on any atom is 0.0214 e. The minimum Gasteiger partial charge on any atom is -0.313 e. The third-order valence-corrected chi connectivity index (χ3v) is 2.53. The highest BCUT2D eigenvalue weighted by Crippen LogP contribution is 2.08. The van der Waals surface area contributed by atoms with Crippen molar-refractivity contribution in [2.45, 2.75) is 32.2 Å². The van der Waals surface area contributed by atoms with Crippen LogP contribution in [0.25, 0.3) is 0 Å². The van der Waals surface area contributed by atoms with E-state index < -0.39 is 0 Å². The van der Waals surface area contributed by atoms with Crippen molar-refractivity contribution in [3.8, 4) is 12.3 Å². The molecule has 1 saturated heterocycles. The van der Waals surface area contributed by atoms with Gasteiger partial charge in [0.1, 0.15) is 0 Å². The van der Waals surface area contributed by atoms with Crippen molar-refractivity contribution in [1.29, 1.82) is 0 Å². The van der Waals surface area contributed by atoms with E-state index >= 15 is 0 Å². The van der Waals surface area contributed by atoms with Gasteiger partial charge in [0.15, 0.2) is 0 Å². The van der Waals surface area contributed by atoms with Crippen LogP contribution in [-0.2, 0) is 0 Å². The molecule has 0 amide bonds. The van der Waals surface area contributed by atoms with E-state index in [-0.39, 0.29) is 0 Å². The van der Waals surface area contributed by atoms with Crippen LogP contribution in [-0.4, -0.2) is 37.1 Å². The Morgan fingerprint density at radius 3 is 3.15 bits per heavy atom. The predicted octanol–water partition coefficient (Wildman–Crippen LogP) is 1.08. The van der Waals surface area contributed by atoms with Gasteiger partial charge < -0.3 is 10.2 Å². The summed E-state index contributed by atoms with van der Waals surface area (Å²) in [5.41, 5.74) is 0. The van der Waals surface area contributed by atoms with Crippen LogP contribution >= 0.6 is 0 Å². The molecular formula is C11H20N2. The summed E-state index contributed by atoms with van der Waals surface area (Å²) in [6.45, 7) is 6.82. The minimum atomic E-state index is 0.706. The maximum atomic E-state index is 5.23. The number of nitrogens with zero attached hydrogens (tertiary/aromatic N) is 1. The van der Waals surface area contributed by atoms with E-state index in [1.807, 2.05) is 0 Å². The van der Waals surface area contributed by atoms with E-state index in [4.69, 9.17) is 6.42 Å². The summed E-state index contributed by atoms with van der Waals surface area (Å²) in [4.78, 5) is 2.45. The van der Waals surface area contributed by atoms with E-state index in [1.165, 1.54) is 25.9 Å². The molecule has 0 aromatic heterocycles. The van der Waals surface area contributed by atoms with E-state index in [9.17, 15) is 0 Å². The van der Waals surface area contributed by atoms with E-state index in [0.29, 0.717) is 6.04 Å². The molecule has 1 heterocycles. The quantitative estimate of drug-likeness (QED) is 0.637. The Labute approximate surface area is 81.7 Å². The second-order valence-corrected chi connectivity index (χ2v) is 3.69. The summed E-state index contributed by atoms with van der Waals surface area (Å²) >= 11 is 0. The van der Waals surface area contributed by atoms with E-state index in [0.717, 1.165) is 19.5 Å². The summed E-state index contributed by atoms with van der Waals surface area (Å²) in [6.07, 6.45) is 8.62. The molecule has 13 heavy (non-hydrogen) atoms. The molecule has 1 N–H and O–H groups in total. The van der Waals surface area contributed by atoms with Gasteiger partial charge in [0.05, 0.1) is 0 Å². The molecule has 0 spiro atoms. The summed E-state index contributed by atoms with van der Waals surface area (Å²) in [6, 6.07) is 0.706. The van der Waals surface area contributed by atoms with Crippen molar-refractivity contribution in [2.24, 2.45) is 0 Å². The number of rotatable bonds is 5. The van der Waals surface area contributed by atoms with Crippen LogP contribution in [0, 0.1) is 12.3 Å². The van der Waals surface area contributed by atoms with Crippen molar-refractivity contribution < 1.29 is 0 Å². The highest BCUT2D eigenvalue weighted by atomic mass is 15.2. The Morgan fingerprint density at radius 2 is 2.46 bits per heavy atom. The molecule has 1 unspecified atom stereocenters. The van der Waals surface area contributed by atoms with E-state index in [1.54, 1.807) is 0 Å². The third-order valence-electron chi connectivity index (χ3n) is 2.53. The van der Waals surface area contributed by atoms with Gasteiger partial charge in [-0.15, -0.1) is 12.3 Å². The lowest BCUT2D eigenvalue weighted by Gasteiger charge is -2.14. The van der Waals surface area contributed by atoms with Gasteiger partial charge in [0.25, 0.3) is 0 Å². The first-order chi connectivity index (χ1) is 6.36. The average molecular weight is 180 g/mol. The second kappa shape index (κ2) is 6.01. The first kappa shape index (κ1) is 10.6. The molecule has 0 saturated carbocycles. The van der Waals surface area contributed by atoms with Crippen molar-refractivity contribution in [1.82, 2.24) is 10.2 Å². The topological polar surface area (TPSA) is 15.3 Å². The highest BCUT2D eigenvalue weighted by molar-refractivity contribution is 4.87. The van der Waals surface area contributed by atoms with Gasteiger partial charge >= 0.3 is 0 Å². The summed E-state index contributed by atoms with van der Waals surface area (Å²) in [5.74, 6) is 2.69. The van der Waals surface area contributed by atoms with Crippen molar-refractivity contribution in [3.05, 3.63) is 0 Å². The lowest BCUT2D eigenvalue weighted by Crippen LogP contribution is -2.33. The Hall–Kier alpha value is -0.520. The molecule has 0 aromatic rings. The van der Waals surface area contributed by atoms with Crippen molar-refractivity contribution >= 4 is 0 Å². The van der Waals surface area contributed by atoms with Gasteiger partial charge in [-0.05, 0) is 25.9 Å². The normalized spacial score (nSPS) is 23.2. The number of terminal acetylenes is 1. The zero-order valence-corrected chi connectivity index (χ0v) is 8.55. The fourth-order valence-electron chi connectivity index (χ4n) is 1.77. The van der Waals surface area contributed by atoms with Crippen LogP contribution in [0.1, 0.15) is 26.2 Å². The van der Waals surface area contributed by atoms with Crippen LogP contribution < -0.4 is 5.32 Å². The smallest absolute Gasteiger partial charge is 0.0214 e. The predicted molar refractivity (Wildman–Crippen MR) is 56.6 cm³/mol. The zero-order valence-electron chi connectivity index (χ0n) is 8.55. The van der Waals surface area contributed by atoms with Crippen LogP contribution in [0.3, 0.4) is 0 Å². The second-order valence-electron chi connectivity index (χ2n) is 3.69. The first-order valence-electron chi connectivity index (χ1n) is 5.26. The third kappa shape index (κ3) is 3.80. The minimum absolute atomic E-state index is 0.706. The molecule has 0 bridgehead atoms. The summed E-state index contributed by atoms with van der Waals surface area (Å²) in [5, 5.41) is 3.54. The van der Waals surface area contributed by atoms with Gasteiger partial charge in [-0.1, -0.05) is 6.92 Å². The molecule has 1 rings (SSSR count). The molecule has 2 heteroatoms. The van der Waals surface area contributed by atoms with Crippen molar-refractivity contribution in [2.75, 3.05) is 26.2 Å². The number of hydrogen-bond acceptors (Lipinski definition) is 2. The van der Waals surface area contributed by atoms with Gasteiger partial charge in [-0.3, -0.25) is 0 Å². The molecule has 1 atom stereocenters. The summed E-state index contributed by atoms with van der Waals surface area (Å²) < 4.78 is 0. The molecule has 0 radical (unpaired) electrons. The van der Waals surface area contributed by atoms with Gasteiger partial charge in [-0.2, -0.15) is 0 Å². The fourth-order valence-corrected chi connectivity index (χ4v) is 1.77. The number of nitrogens with one attached hydrogen (secondary N) is 1. The Kier molecular flexibility index (Phi) is 4.88. The highest BCUT2D eigenvalue weighted by Gasteiger charge is 2.20. The maximum absolute atomic E-state index is 5.23. The zero-order chi connectivity index (χ0) is 9.52. The molecule has 0 aromatic carbocycles. The van der Waals surface area contributed by atoms with Gasteiger partial charge in [0, 0.05) is 25.6 Å². The van der Waals surface area contributed by atoms with E-state index in [2.05, 4.69) is 23.1 Å². The Bertz CT molecular complexity index is 171. The molecule has 2 nitrogen and oxygen atoms in total. The van der Waals surface area contributed by atoms with Gasteiger partial charge in [-0.25, -0.2) is 0 Å². The summed E-state index contributed by atoms with van der Waals surface area (Å²) in [7, 11) is 0. The average Bonchev–Trinajstić information content (AvgIpc) is 2.59. The fraction of sp³-hybridized carbons (Fsp3) is 0.818. The number of likely N-dealkylation sites (tertiary alicyclic amines) is 1. The van der Waals surface area contributed by atoms with Gasteiger partial charge in [0.2, 0.25) is 0 Å². The SMILES string of the molecule is C#CCCN1CCC(NCCC)C1. The molecule has 1 aliphatic heterocycles.